The summed E-state index contributed by atoms with van der Waals surface area (Å²) in [5.41, 5.74) is 0.872. The minimum absolute atomic E-state index is 0.123. The van der Waals surface area contributed by atoms with Crippen LogP contribution in [0.15, 0.2) is 46.9 Å². The Morgan fingerprint density at radius 3 is 2.64 bits per heavy atom. The van der Waals surface area contributed by atoms with Crippen molar-refractivity contribution in [2.75, 3.05) is 13.7 Å². The van der Waals surface area contributed by atoms with E-state index in [2.05, 4.69) is 21.2 Å². The second kappa shape index (κ2) is 12.3. The number of hydrogen-bond acceptors (Lipinski definition) is 4. The van der Waals surface area contributed by atoms with E-state index in [4.69, 9.17) is 21.1 Å². The Hall–Kier alpha value is -2.25. The number of rotatable bonds is 10. The highest BCUT2D eigenvalue weighted by atomic mass is 79.9. The monoisotopic (exact) mass is 536 g/mol. The van der Waals surface area contributed by atoms with E-state index in [0.717, 1.165) is 35.7 Å². The number of nitrogens with one attached hydrogen (secondary N) is 1. The lowest BCUT2D eigenvalue weighted by Crippen LogP contribution is -2.52. The van der Waals surface area contributed by atoms with Crippen LogP contribution in [-0.2, 0) is 16.1 Å². The minimum Gasteiger partial charge on any atom is -0.497 e. The molecule has 2 aromatic carbocycles. The number of methoxy groups -OCH3 is 1. The van der Waals surface area contributed by atoms with Crippen LogP contribution in [0.4, 0.5) is 0 Å². The second-order valence-corrected chi connectivity index (χ2v) is 9.47. The maximum absolute atomic E-state index is 13.3. The first-order valence-corrected chi connectivity index (χ1v) is 12.4. The van der Waals surface area contributed by atoms with E-state index in [1.807, 2.05) is 31.2 Å². The molecule has 2 amide bonds. The molecule has 1 N–H and O–H groups in total. The average Bonchev–Trinajstić information content (AvgIpc) is 3.31. The molecule has 1 atom stereocenters. The van der Waals surface area contributed by atoms with Gasteiger partial charge < -0.3 is 19.7 Å². The predicted octanol–water partition coefficient (Wildman–Crippen LogP) is 5.36. The summed E-state index contributed by atoms with van der Waals surface area (Å²) >= 11 is 9.59. The Labute approximate surface area is 208 Å². The van der Waals surface area contributed by atoms with Crippen molar-refractivity contribution in [2.24, 2.45) is 0 Å². The molecule has 1 aliphatic carbocycles. The van der Waals surface area contributed by atoms with Crippen LogP contribution in [0.2, 0.25) is 5.02 Å². The summed E-state index contributed by atoms with van der Waals surface area (Å²) in [5.74, 6) is 0.701. The lowest BCUT2D eigenvalue weighted by molar-refractivity contribution is -0.143. The SMILES string of the molecule is CCC(C(=O)NC1CCCC1)N(Cc1cccc(OC)c1)C(=O)COc1ccc(Br)cc1Cl. The van der Waals surface area contributed by atoms with E-state index >= 15 is 0 Å². The van der Waals surface area contributed by atoms with Crippen LogP contribution in [0, 0.1) is 0 Å². The van der Waals surface area contributed by atoms with Crippen LogP contribution in [0.1, 0.15) is 44.6 Å². The summed E-state index contributed by atoms with van der Waals surface area (Å²) in [6, 6.07) is 12.3. The lowest BCUT2D eigenvalue weighted by Gasteiger charge is -2.31. The van der Waals surface area contributed by atoms with Gasteiger partial charge in [0.2, 0.25) is 5.91 Å². The molecule has 0 bridgehead atoms. The zero-order valence-electron chi connectivity index (χ0n) is 19.0. The highest BCUT2D eigenvalue weighted by Crippen LogP contribution is 2.28. The maximum atomic E-state index is 13.3. The quantitative estimate of drug-likeness (QED) is 0.443. The van der Waals surface area contributed by atoms with Gasteiger partial charge in [-0.15, -0.1) is 0 Å². The van der Waals surface area contributed by atoms with Gasteiger partial charge in [-0.1, -0.05) is 59.4 Å². The number of halogens is 2. The summed E-state index contributed by atoms with van der Waals surface area (Å²) < 4.78 is 11.9. The van der Waals surface area contributed by atoms with Gasteiger partial charge >= 0.3 is 0 Å². The summed E-state index contributed by atoms with van der Waals surface area (Å²) in [6.45, 7) is 1.96. The molecule has 6 nitrogen and oxygen atoms in total. The molecule has 0 radical (unpaired) electrons. The lowest BCUT2D eigenvalue weighted by atomic mass is 10.1. The number of carbonyl (C=O) groups is 2. The van der Waals surface area contributed by atoms with Crippen LogP contribution < -0.4 is 14.8 Å². The molecule has 1 saturated carbocycles. The van der Waals surface area contributed by atoms with E-state index in [0.29, 0.717) is 22.9 Å². The molecule has 1 fully saturated rings. The molecule has 0 heterocycles. The Morgan fingerprint density at radius 1 is 1.21 bits per heavy atom. The van der Waals surface area contributed by atoms with Crippen LogP contribution in [0.3, 0.4) is 0 Å². The number of ether oxygens (including phenoxy) is 2. The smallest absolute Gasteiger partial charge is 0.261 e. The minimum atomic E-state index is -0.603. The summed E-state index contributed by atoms with van der Waals surface area (Å²) in [5, 5.41) is 3.54. The first-order valence-electron chi connectivity index (χ1n) is 11.2. The third-order valence-electron chi connectivity index (χ3n) is 5.82. The number of carbonyl (C=O) groups excluding carboxylic acids is 2. The van der Waals surface area contributed by atoms with Crippen molar-refractivity contribution < 1.29 is 19.1 Å². The van der Waals surface area contributed by atoms with E-state index < -0.39 is 6.04 Å². The molecule has 0 aliphatic heterocycles. The second-order valence-electron chi connectivity index (χ2n) is 8.15. The average molecular weight is 538 g/mol. The molecule has 0 saturated heterocycles. The molecular weight excluding hydrogens is 508 g/mol. The van der Waals surface area contributed by atoms with E-state index in [-0.39, 0.29) is 31.0 Å². The molecule has 1 unspecified atom stereocenters. The van der Waals surface area contributed by atoms with Crippen molar-refractivity contribution in [3.8, 4) is 11.5 Å². The molecule has 8 heteroatoms. The fraction of sp³-hybridized carbons (Fsp3) is 0.440. The van der Waals surface area contributed by atoms with Crippen molar-refractivity contribution in [3.05, 3.63) is 57.5 Å². The fourth-order valence-electron chi connectivity index (χ4n) is 4.07. The predicted molar refractivity (Wildman–Crippen MR) is 133 cm³/mol. The summed E-state index contributed by atoms with van der Waals surface area (Å²) in [6.07, 6.45) is 4.70. The van der Waals surface area contributed by atoms with Gasteiger partial charge in [-0.3, -0.25) is 9.59 Å². The van der Waals surface area contributed by atoms with Crippen LogP contribution >= 0.6 is 27.5 Å². The van der Waals surface area contributed by atoms with Gasteiger partial charge in [0.25, 0.3) is 5.91 Å². The largest absolute Gasteiger partial charge is 0.497 e. The van der Waals surface area contributed by atoms with Gasteiger partial charge in [-0.25, -0.2) is 0 Å². The molecular formula is C25H30BrClN2O4. The van der Waals surface area contributed by atoms with Gasteiger partial charge in [-0.05, 0) is 55.2 Å². The first-order chi connectivity index (χ1) is 15.9. The molecule has 1 aliphatic rings. The van der Waals surface area contributed by atoms with Gasteiger partial charge in [0, 0.05) is 17.1 Å². The number of benzene rings is 2. The van der Waals surface area contributed by atoms with Gasteiger partial charge in [0.05, 0.1) is 12.1 Å². The topological polar surface area (TPSA) is 67.9 Å². The van der Waals surface area contributed by atoms with Gasteiger partial charge in [0.15, 0.2) is 6.61 Å². The summed E-state index contributed by atoms with van der Waals surface area (Å²) in [7, 11) is 1.60. The van der Waals surface area contributed by atoms with Crippen LogP contribution in [0.5, 0.6) is 11.5 Å². The molecule has 0 spiro atoms. The molecule has 33 heavy (non-hydrogen) atoms. The van der Waals surface area contributed by atoms with E-state index in [1.165, 1.54) is 0 Å². The van der Waals surface area contributed by atoms with E-state index in [1.54, 1.807) is 30.2 Å². The highest BCUT2D eigenvalue weighted by Gasteiger charge is 2.31. The van der Waals surface area contributed by atoms with Gasteiger partial charge in [-0.2, -0.15) is 0 Å². The van der Waals surface area contributed by atoms with Crippen molar-refractivity contribution >= 4 is 39.3 Å². The first kappa shape index (κ1) is 25.4. The van der Waals surface area contributed by atoms with Gasteiger partial charge in [0.1, 0.15) is 17.5 Å². The Bertz CT molecular complexity index is 965. The highest BCUT2D eigenvalue weighted by molar-refractivity contribution is 9.10. The Kier molecular flexibility index (Phi) is 9.44. The number of nitrogens with zero attached hydrogens (tertiary/aromatic N) is 1. The zero-order chi connectivity index (χ0) is 23.8. The number of hydrogen-bond donors (Lipinski definition) is 1. The molecule has 3 rings (SSSR count). The standard InChI is InChI=1S/C25H30BrClN2O4/c1-3-22(25(31)28-19-8-4-5-9-19)29(15-17-7-6-10-20(13-17)32-2)24(30)16-33-23-12-11-18(26)14-21(23)27/h6-7,10-14,19,22H,3-5,8-9,15-16H2,1-2H3,(H,28,31). The molecule has 0 aromatic heterocycles. The van der Waals surface area contributed by atoms with Crippen molar-refractivity contribution in [2.45, 2.75) is 57.7 Å². The number of amides is 2. The van der Waals surface area contributed by atoms with Crippen LogP contribution in [-0.4, -0.2) is 42.5 Å². The zero-order valence-corrected chi connectivity index (χ0v) is 21.3. The fourth-order valence-corrected chi connectivity index (χ4v) is 4.80. The third-order valence-corrected chi connectivity index (χ3v) is 6.61. The molecule has 178 valence electrons. The molecule has 2 aromatic rings. The Morgan fingerprint density at radius 2 is 1.97 bits per heavy atom. The van der Waals surface area contributed by atoms with Crippen LogP contribution in [0.25, 0.3) is 0 Å². The van der Waals surface area contributed by atoms with Crippen molar-refractivity contribution in [1.29, 1.82) is 0 Å². The maximum Gasteiger partial charge on any atom is 0.261 e. The Balaban J connectivity index is 1.79. The normalized spacial score (nSPS) is 14.5. The third kappa shape index (κ3) is 7.11. The van der Waals surface area contributed by atoms with E-state index in [9.17, 15) is 9.59 Å². The van der Waals surface area contributed by atoms with Crippen molar-refractivity contribution in [1.82, 2.24) is 10.2 Å². The summed E-state index contributed by atoms with van der Waals surface area (Å²) in [4.78, 5) is 28.1. The van der Waals surface area contributed by atoms with Crippen molar-refractivity contribution in [3.63, 3.8) is 0 Å².